The molecule has 1 aromatic carbocycles. The van der Waals surface area contributed by atoms with Crippen LogP contribution < -0.4 is 0 Å². The zero-order valence-electron chi connectivity index (χ0n) is 15.0. The minimum Gasteiger partial charge on any atom is -0.396 e. The molecule has 0 spiro atoms. The van der Waals surface area contributed by atoms with Crippen LogP contribution in [0.4, 0.5) is 0 Å². The summed E-state index contributed by atoms with van der Waals surface area (Å²) in [6, 6.07) is 7.92. The predicted molar refractivity (Wildman–Crippen MR) is 95.1 cm³/mol. The van der Waals surface area contributed by atoms with Gasteiger partial charge in [0.2, 0.25) is 0 Å². The lowest BCUT2D eigenvalue weighted by Gasteiger charge is -2.39. The zero-order valence-corrected chi connectivity index (χ0v) is 15.0. The molecule has 0 saturated carbocycles. The molecule has 134 valence electrons. The van der Waals surface area contributed by atoms with Crippen molar-refractivity contribution in [2.75, 3.05) is 33.3 Å². The van der Waals surface area contributed by atoms with Gasteiger partial charge in [0, 0.05) is 37.8 Å². The van der Waals surface area contributed by atoms with Gasteiger partial charge in [-0.15, -0.1) is 0 Å². The molecule has 1 heterocycles. The number of aryl methyl sites for hydroxylation is 1. The molecule has 0 radical (unpaired) electrons. The second-order valence-corrected chi connectivity index (χ2v) is 7.41. The largest absolute Gasteiger partial charge is 0.396 e. The number of carbonyl (C=O) groups is 1. The van der Waals surface area contributed by atoms with Gasteiger partial charge in [0.1, 0.15) is 0 Å². The van der Waals surface area contributed by atoms with E-state index < -0.39 is 5.60 Å². The molecule has 1 atom stereocenters. The summed E-state index contributed by atoms with van der Waals surface area (Å²) in [5.74, 6) is 0.0556. The first-order valence-electron chi connectivity index (χ1n) is 8.72. The molecule has 1 saturated heterocycles. The summed E-state index contributed by atoms with van der Waals surface area (Å²) in [4.78, 5) is 16.8. The minimum atomic E-state index is -0.671. The summed E-state index contributed by atoms with van der Waals surface area (Å²) in [5, 5.41) is 19.0. The fourth-order valence-corrected chi connectivity index (χ4v) is 3.04. The number of nitrogens with zero attached hydrogens (tertiary/aromatic N) is 2. The Kier molecular flexibility index (Phi) is 6.38. The van der Waals surface area contributed by atoms with E-state index in [2.05, 4.69) is 4.90 Å². The average molecular weight is 334 g/mol. The molecular formula is C19H30N2O3. The smallest absolute Gasteiger partial charge is 0.253 e. The number of hydrogen-bond donors (Lipinski definition) is 2. The average Bonchev–Trinajstić information content (AvgIpc) is 2.54. The SMILES string of the molecule is CN1CCN(C(=O)c2ccc(CCC(C)(C)O)cc2)C[C@H]1CCO. The lowest BCUT2D eigenvalue weighted by molar-refractivity contribution is 0.0500. The van der Waals surface area contributed by atoms with Crippen molar-refractivity contribution >= 4 is 5.91 Å². The molecule has 1 aliphatic heterocycles. The summed E-state index contributed by atoms with van der Waals surface area (Å²) >= 11 is 0. The molecule has 2 N–H and O–H groups in total. The summed E-state index contributed by atoms with van der Waals surface area (Å²) in [6.07, 6.45) is 2.18. The van der Waals surface area contributed by atoms with Crippen molar-refractivity contribution < 1.29 is 15.0 Å². The van der Waals surface area contributed by atoms with Gasteiger partial charge in [-0.3, -0.25) is 9.69 Å². The quantitative estimate of drug-likeness (QED) is 0.828. The Morgan fingerprint density at radius 1 is 1.25 bits per heavy atom. The zero-order chi connectivity index (χ0) is 17.7. The highest BCUT2D eigenvalue weighted by atomic mass is 16.3. The van der Waals surface area contributed by atoms with Gasteiger partial charge in [-0.1, -0.05) is 12.1 Å². The van der Waals surface area contributed by atoms with E-state index in [0.29, 0.717) is 24.9 Å². The summed E-state index contributed by atoms with van der Waals surface area (Å²) in [5.41, 5.74) is 1.16. The molecule has 0 aliphatic carbocycles. The number of rotatable bonds is 6. The Labute approximate surface area is 144 Å². The maximum Gasteiger partial charge on any atom is 0.253 e. The monoisotopic (exact) mass is 334 g/mol. The summed E-state index contributed by atoms with van der Waals surface area (Å²) in [7, 11) is 2.04. The normalized spacial score (nSPS) is 19.5. The third kappa shape index (κ3) is 5.30. The highest BCUT2D eigenvalue weighted by molar-refractivity contribution is 5.94. The maximum absolute atomic E-state index is 12.7. The standard InChI is InChI=1S/C19H30N2O3/c1-19(2,24)10-8-15-4-6-16(7-5-15)18(23)21-12-11-20(3)17(14-21)9-13-22/h4-7,17,22,24H,8-14H2,1-3H3/t17-/m1/s1. The van der Waals surface area contributed by atoms with Gasteiger partial charge in [-0.2, -0.15) is 0 Å². The van der Waals surface area contributed by atoms with Crippen LogP contribution in [-0.2, 0) is 6.42 Å². The summed E-state index contributed by atoms with van der Waals surface area (Å²) in [6.45, 7) is 5.98. The van der Waals surface area contributed by atoms with Crippen LogP contribution >= 0.6 is 0 Å². The van der Waals surface area contributed by atoms with E-state index in [4.69, 9.17) is 5.11 Å². The number of hydrogen-bond acceptors (Lipinski definition) is 4. The Hall–Kier alpha value is -1.43. The van der Waals surface area contributed by atoms with Crippen molar-refractivity contribution in [2.45, 2.75) is 44.8 Å². The first kappa shape index (κ1) is 18.9. The van der Waals surface area contributed by atoms with Gasteiger partial charge in [-0.05, 0) is 57.9 Å². The van der Waals surface area contributed by atoms with E-state index in [1.54, 1.807) is 13.8 Å². The second kappa shape index (κ2) is 8.10. The molecule has 24 heavy (non-hydrogen) atoms. The first-order valence-corrected chi connectivity index (χ1v) is 8.72. The third-order valence-electron chi connectivity index (χ3n) is 4.75. The molecule has 1 aliphatic rings. The molecule has 0 bridgehead atoms. The van der Waals surface area contributed by atoms with Gasteiger partial charge in [0.25, 0.3) is 5.91 Å². The number of aliphatic hydroxyl groups is 2. The van der Waals surface area contributed by atoms with Gasteiger partial charge >= 0.3 is 0 Å². The topological polar surface area (TPSA) is 64.0 Å². The van der Waals surface area contributed by atoms with Crippen molar-refractivity contribution in [3.63, 3.8) is 0 Å². The van der Waals surface area contributed by atoms with Gasteiger partial charge in [0.05, 0.1) is 5.60 Å². The highest BCUT2D eigenvalue weighted by Gasteiger charge is 2.27. The van der Waals surface area contributed by atoms with Gasteiger partial charge < -0.3 is 15.1 Å². The number of aliphatic hydroxyl groups excluding tert-OH is 1. The van der Waals surface area contributed by atoms with Crippen molar-refractivity contribution in [3.05, 3.63) is 35.4 Å². The second-order valence-electron chi connectivity index (χ2n) is 7.41. The van der Waals surface area contributed by atoms with E-state index in [0.717, 1.165) is 25.1 Å². The van der Waals surface area contributed by atoms with Crippen LogP contribution in [0.3, 0.4) is 0 Å². The molecule has 2 rings (SSSR count). The van der Waals surface area contributed by atoms with Crippen LogP contribution in [0.5, 0.6) is 0 Å². The number of likely N-dealkylation sites (N-methyl/N-ethyl adjacent to an activating group) is 1. The van der Waals surface area contributed by atoms with Crippen LogP contribution in [0.15, 0.2) is 24.3 Å². The summed E-state index contributed by atoms with van der Waals surface area (Å²) < 4.78 is 0. The van der Waals surface area contributed by atoms with Crippen molar-refractivity contribution in [3.8, 4) is 0 Å². The number of amides is 1. The van der Waals surface area contributed by atoms with Crippen LogP contribution in [-0.4, -0.2) is 70.9 Å². The molecular weight excluding hydrogens is 304 g/mol. The highest BCUT2D eigenvalue weighted by Crippen LogP contribution is 2.17. The fourth-order valence-electron chi connectivity index (χ4n) is 3.04. The van der Waals surface area contributed by atoms with Crippen LogP contribution in [0.2, 0.25) is 0 Å². The van der Waals surface area contributed by atoms with Gasteiger partial charge in [-0.25, -0.2) is 0 Å². The Morgan fingerprint density at radius 3 is 2.50 bits per heavy atom. The van der Waals surface area contributed by atoms with E-state index in [-0.39, 0.29) is 18.6 Å². The van der Waals surface area contributed by atoms with Gasteiger partial charge in [0.15, 0.2) is 0 Å². The number of benzene rings is 1. The van der Waals surface area contributed by atoms with Crippen molar-refractivity contribution in [2.24, 2.45) is 0 Å². The van der Waals surface area contributed by atoms with E-state index in [1.165, 1.54) is 0 Å². The lowest BCUT2D eigenvalue weighted by atomic mass is 9.98. The van der Waals surface area contributed by atoms with E-state index >= 15 is 0 Å². The minimum absolute atomic E-state index is 0.0556. The molecule has 5 nitrogen and oxygen atoms in total. The number of carbonyl (C=O) groups excluding carboxylic acids is 1. The Morgan fingerprint density at radius 2 is 1.92 bits per heavy atom. The molecule has 0 unspecified atom stereocenters. The lowest BCUT2D eigenvalue weighted by Crippen LogP contribution is -2.53. The first-order chi connectivity index (χ1) is 11.3. The third-order valence-corrected chi connectivity index (χ3v) is 4.75. The Balaban J connectivity index is 1.97. The van der Waals surface area contributed by atoms with Crippen molar-refractivity contribution in [1.82, 2.24) is 9.80 Å². The Bertz CT molecular complexity index is 537. The molecule has 1 amide bonds. The molecule has 5 heteroatoms. The number of piperazine rings is 1. The molecule has 1 fully saturated rings. The van der Waals surface area contributed by atoms with Crippen LogP contribution in [0, 0.1) is 0 Å². The molecule has 1 aromatic rings. The van der Waals surface area contributed by atoms with Crippen LogP contribution in [0.1, 0.15) is 42.6 Å². The maximum atomic E-state index is 12.7. The fraction of sp³-hybridized carbons (Fsp3) is 0.632. The molecule has 0 aromatic heterocycles. The van der Waals surface area contributed by atoms with E-state index in [9.17, 15) is 9.90 Å². The van der Waals surface area contributed by atoms with E-state index in [1.807, 2.05) is 36.2 Å². The van der Waals surface area contributed by atoms with Crippen LogP contribution in [0.25, 0.3) is 0 Å². The van der Waals surface area contributed by atoms with Crippen molar-refractivity contribution in [1.29, 1.82) is 0 Å². The predicted octanol–water partition coefficient (Wildman–Crippen LogP) is 1.53.